The van der Waals surface area contributed by atoms with Crippen molar-refractivity contribution in [1.29, 1.82) is 0 Å². The number of nitrogens with zero attached hydrogens (tertiary/aromatic N) is 1. The molecule has 150 valence electrons. The lowest BCUT2D eigenvalue weighted by molar-refractivity contribution is -0.0268. The first-order valence-electron chi connectivity index (χ1n) is 10.4. The Balaban J connectivity index is 1.59. The number of halogens is 1. The van der Waals surface area contributed by atoms with Crippen LogP contribution in [-0.4, -0.2) is 42.1 Å². The van der Waals surface area contributed by atoms with Gasteiger partial charge in [0.05, 0.1) is 18.8 Å². The molecule has 1 saturated carbocycles. The lowest BCUT2D eigenvalue weighted by Crippen LogP contribution is -2.56. The van der Waals surface area contributed by atoms with E-state index in [2.05, 4.69) is 13.8 Å². The number of carbonyl (C=O) groups is 1. The van der Waals surface area contributed by atoms with E-state index in [1.54, 1.807) is 24.3 Å². The second-order valence-corrected chi connectivity index (χ2v) is 8.93. The Hall–Kier alpha value is -1.10. The first-order valence-corrected chi connectivity index (χ1v) is 10.8. The molecule has 2 fully saturated rings. The van der Waals surface area contributed by atoms with Crippen LogP contribution in [-0.2, 0) is 4.74 Å². The van der Waals surface area contributed by atoms with E-state index in [9.17, 15) is 4.79 Å². The first-order chi connectivity index (χ1) is 13.0. The van der Waals surface area contributed by atoms with Gasteiger partial charge in [-0.15, -0.1) is 0 Å². The maximum atomic E-state index is 13.0. The molecule has 0 radical (unpaired) electrons. The van der Waals surface area contributed by atoms with Gasteiger partial charge in [-0.3, -0.25) is 4.79 Å². The van der Waals surface area contributed by atoms with Crippen LogP contribution in [0.2, 0.25) is 5.02 Å². The summed E-state index contributed by atoms with van der Waals surface area (Å²) >= 11 is 5.95. The van der Waals surface area contributed by atoms with Crippen molar-refractivity contribution in [3.05, 3.63) is 34.9 Å². The van der Waals surface area contributed by atoms with Gasteiger partial charge in [0.15, 0.2) is 0 Å². The van der Waals surface area contributed by atoms with Gasteiger partial charge >= 0.3 is 0 Å². The lowest BCUT2D eigenvalue weighted by atomic mass is 9.80. The highest BCUT2D eigenvalue weighted by atomic mass is 35.5. The van der Waals surface area contributed by atoms with Crippen molar-refractivity contribution < 1.29 is 9.53 Å². The Morgan fingerprint density at radius 3 is 2.48 bits per heavy atom. The Kier molecular flexibility index (Phi) is 7.18. The van der Waals surface area contributed by atoms with Crippen LogP contribution in [0.25, 0.3) is 0 Å². The highest BCUT2D eigenvalue weighted by Gasteiger charge is 2.34. The molecule has 3 rings (SSSR count). The number of nitrogens with two attached hydrogens (primary N) is 1. The quantitative estimate of drug-likeness (QED) is 0.802. The van der Waals surface area contributed by atoms with E-state index in [1.807, 2.05) is 4.90 Å². The number of rotatable bonds is 5. The second kappa shape index (κ2) is 9.40. The molecule has 0 bridgehead atoms. The molecular weight excluding hydrogens is 360 g/mol. The van der Waals surface area contributed by atoms with Crippen LogP contribution in [0.5, 0.6) is 0 Å². The van der Waals surface area contributed by atoms with Crippen molar-refractivity contribution in [3.63, 3.8) is 0 Å². The van der Waals surface area contributed by atoms with Gasteiger partial charge in [0, 0.05) is 23.2 Å². The molecule has 2 unspecified atom stereocenters. The summed E-state index contributed by atoms with van der Waals surface area (Å²) in [5.74, 6) is 1.61. The summed E-state index contributed by atoms with van der Waals surface area (Å²) in [5, 5.41) is 0.638. The van der Waals surface area contributed by atoms with Gasteiger partial charge in [-0.2, -0.15) is 0 Å². The second-order valence-electron chi connectivity index (χ2n) is 8.49. The molecule has 27 heavy (non-hydrogen) atoms. The lowest BCUT2D eigenvalue weighted by Gasteiger charge is -2.41. The molecule has 1 aromatic carbocycles. The third kappa shape index (κ3) is 5.24. The van der Waals surface area contributed by atoms with Gasteiger partial charge in [0.25, 0.3) is 5.91 Å². The Bertz CT molecular complexity index is 611. The highest BCUT2D eigenvalue weighted by Crippen LogP contribution is 2.31. The van der Waals surface area contributed by atoms with Crippen molar-refractivity contribution in [2.24, 2.45) is 17.6 Å². The molecule has 0 aromatic heterocycles. The van der Waals surface area contributed by atoms with Crippen molar-refractivity contribution in [3.8, 4) is 0 Å². The van der Waals surface area contributed by atoms with Gasteiger partial charge in [0.2, 0.25) is 0 Å². The zero-order valence-corrected chi connectivity index (χ0v) is 17.3. The zero-order valence-electron chi connectivity index (χ0n) is 16.6. The number of piperidine rings is 1. The summed E-state index contributed by atoms with van der Waals surface area (Å²) in [7, 11) is 0. The average molecular weight is 393 g/mol. The topological polar surface area (TPSA) is 55.6 Å². The van der Waals surface area contributed by atoms with E-state index in [1.165, 1.54) is 12.8 Å². The summed E-state index contributed by atoms with van der Waals surface area (Å²) in [6, 6.07) is 7.02. The average Bonchev–Trinajstić information content (AvgIpc) is 2.67. The Morgan fingerprint density at radius 2 is 1.85 bits per heavy atom. The fourth-order valence-electron chi connectivity index (χ4n) is 4.47. The van der Waals surface area contributed by atoms with Crippen molar-refractivity contribution in [2.45, 2.75) is 70.6 Å². The minimum Gasteiger partial charge on any atom is -0.376 e. The zero-order chi connectivity index (χ0) is 19.4. The molecule has 2 atom stereocenters. The summed E-state index contributed by atoms with van der Waals surface area (Å²) < 4.78 is 6.26. The first kappa shape index (κ1) is 20.6. The van der Waals surface area contributed by atoms with Crippen molar-refractivity contribution in [1.82, 2.24) is 4.90 Å². The fourth-order valence-corrected chi connectivity index (χ4v) is 4.59. The molecule has 1 aromatic rings. The molecule has 1 aliphatic heterocycles. The van der Waals surface area contributed by atoms with Crippen LogP contribution in [0.1, 0.15) is 62.7 Å². The molecule has 1 amide bonds. The molecule has 2 N–H and O–H groups in total. The number of hydrogen-bond donors (Lipinski definition) is 1. The summed E-state index contributed by atoms with van der Waals surface area (Å²) in [4.78, 5) is 14.9. The van der Waals surface area contributed by atoms with E-state index in [0.717, 1.165) is 44.1 Å². The van der Waals surface area contributed by atoms with Crippen LogP contribution in [0.4, 0.5) is 0 Å². The maximum Gasteiger partial charge on any atom is 0.254 e. The third-order valence-corrected chi connectivity index (χ3v) is 6.60. The van der Waals surface area contributed by atoms with E-state index >= 15 is 0 Å². The van der Waals surface area contributed by atoms with E-state index in [0.29, 0.717) is 23.3 Å². The SMILES string of the molecule is CC(C)C1CCC(OCC2C(N)CCCN2C(=O)c2ccc(Cl)cc2)CC1. The Labute approximate surface area is 168 Å². The largest absolute Gasteiger partial charge is 0.376 e. The van der Waals surface area contributed by atoms with Crippen LogP contribution in [0.3, 0.4) is 0 Å². The van der Waals surface area contributed by atoms with Gasteiger partial charge in [-0.1, -0.05) is 25.4 Å². The predicted octanol–water partition coefficient (Wildman–Crippen LogP) is 4.50. The fraction of sp³-hybridized carbons (Fsp3) is 0.682. The molecular formula is C22H33ClN2O2. The summed E-state index contributed by atoms with van der Waals surface area (Å²) in [6.07, 6.45) is 6.92. The molecule has 5 heteroatoms. The number of likely N-dealkylation sites (tertiary alicyclic amines) is 1. The highest BCUT2D eigenvalue weighted by molar-refractivity contribution is 6.30. The smallest absolute Gasteiger partial charge is 0.254 e. The van der Waals surface area contributed by atoms with Crippen molar-refractivity contribution >= 4 is 17.5 Å². The van der Waals surface area contributed by atoms with Gasteiger partial charge in [-0.25, -0.2) is 0 Å². The van der Waals surface area contributed by atoms with Gasteiger partial charge in [0.1, 0.15) is 0 Å². The normalized spacial score (nSPS) is 29.1. The van der Waals surface area contributed by atoms with Gasteiger partial charge in [-0.05, 0) is 74.6 Å². The van der Waals surface area contributed by atoms with Gasteiger partial charge < -0.3 is 15.4 Å². The molecule has 0 spiro atoms. The number of benzene rings is 1. The van der Waals surface area contributed by atoms with Crippen molar-refractivity contribution in [2.75, 3.05) is 13.2 Å². The standard InChI is InChI=1S/C22H33ClN2O2/c1-15(2)16-7-11-19(12-8-16)27-14-21-20(24)4-3-13-25(21)22(26)17-5-9-18(23)10-6-17/h5-6,9-10,15-16,19-21H,3-4,7-8,11-14,24H2,1-2H3. The molecule has 4 nitrogen and oxygen atoms in total. The number of ether oxygens (including phenoxy) is 1. The van der Waals surface area contributed by atoms with Crippen LogP contribution in [0.15, 0.2) is 24.3 Å². The number of carbonyl (C=O) groups excluding carboxylic acids is 1. The minimum absolute atomic E-state index is 0.0259. The predicted molar refractivity (Wildman–Crippen MR) is 110 cm³/mol. The van der Waals surface area contributed by atoms with Crippen LogP contribution >= 0.6 is 11.6 Å². The Morgan fingerprint density at radius 1 is 1.19 bits per heavy atom. The molecule has 1 saturated heterocycles. The number of hydrogen-bond acceptors (Lipinski definition) is 3. The summed E-state index contributed by atoms with van der Waals surface area (Å²) in [5.41, 5.74) is 7.05. The van der Waals surface area contributed by atoms with E-state index in [-0.39, 0.29) is 18.0 Å². The molecule has 1 heterocycles. The van der Waals surface area contributed by atoms with E-state index in [4.69, 9.17) is 22.1 Å². The molecule has 2 aliphatic rings. The minimum atomic E-state index is -0.0512. The molecule has 1 aliphatic carbocycles. The van der Waals surface area contributed by atoms with Crippen LogP contribution < -0.4 is 5.73 Å². The maximum absolute atomic E-state index is 13.0. The van der Waals surface area contributed by atoms with Crippen LogP contribution in [0, 0.1) is 11.8 Å². The monoisotopic (exact) mass is 392 g/mol. The summed E-state index contributed by atoms with van der Waals surface area (Å²) in [6.45, 7) is 5.90. The van der Waals surface area contributed by atoms with E-state index < -0.39 is 0 Å². The number of amides is 1. The third-order valence-electron chi connectivity index (χ3n) is 6.35.